The Hall–Kier alpha value is -1.81. The third-order valence-corrected chi connectivity index (χ3v) is 4.12. The van der Waals surface area contributed by atoms with E-state index in [1.165, 1.54) is 0 Å². The van der Waals surface area contributed by atoms with Crippen molar-refractivity contribution < 1.29 is 9.53 Å². The molecule has 0 radical (unpaired) electrons. The van der Waals surface area contributed by atoms with Crippen molar-refractivity contribution in [2.75, 3.05) is 11.9 Å². The summed E-state index contributed by atoms with van der Waals surface area (Å²) in [5, 5.41) is 2.92. The summed E-state index contributed by atoms with van der Waals surface area (Å²) in [7, 11) is 0. The summed E-state index contributed by atoms with van der Waals surface area (Å²) in [5.41, 5.74) is 3.05. The molecule has 0 aliphatic heterocycles. The van der Waals surface area contributed by atoms with Gasteiger partial charge in [-0.3, -0.25) is 4.79 Å². The topological polar surface area (TPSA) is 38.3 Å². The van der Waals surface area contributed by atoms with Crippen LogP contribution in [0.15, 0.2) is 46.9 Å². The quantitative estimate of drug-likeness (QED) is 0.757. The Bertz CT molecular complexity index is 683. The molecule has 1 N–H and O–H groups in total. The molecular weight excluding hydrogens is 354 g/mol. The van der Waals surface area contributed by atoms with Gasteiger partial charge in [0.2, 0.25) is 0 Å². The van der Waals surface area contributed by atoms with Crippen molar-refractivity contribution in [1.29, 1.82) is 0 Å². The molecule has 0 fully saturated rings. The normalized spacial score (nSPS) is 10.7. The molecule has 0 saturated heterocycles. The van der Waals surface area contributed by atoms with Gasteiger partial charge in [-0.1, -0.05) is 54.9 Å². The summed E-state index contributed by atoms with van der Waals surface area (Å²) < 4.78 is 6.74. The van der Waals surface area contributed by atoms with E-state index in [0.717, 1.165) is 33.5 Å². The monoisotopic (exact) mass is 375 g/mol. The number of benzene rings is 2. The van der Waals surface area contributed by atoms with E-state index in [1.807, 2.05) is 42.5 Å². The van der Waals surface area contributed by atoms with Crippen molar-refractivity contribution >= 4 is 27.5 Å². The molecule has 0 bridgehead atoms. The van der Waals surface area contributed by atoms with Crippen molar-refractivity contribution in [1.82, 2.24) is 0 Å². The molecule has 3 nitrogen and oxygen atoms in total. The van der Waals surface area contributed by atoms with Crippen molar-refractivity contribution in [3.63, 3.8) is 0 Å². The Balaban J connectivity index is 2.02. The second-order valence-corrected chi connectivity index (χ2v) is 6.60. The molecule has 23 heavy (non-hydrogen) atoms. The SMILES string of the molecule is CCc1ccccc1NC(=O)COc1ccc(Br)cc1C(C)C. The zero-order valence-electron chi connectivity index (χ0n) is 13.7. The summed E-state index contributed by atoms with van der Waals surface area (Å²) in [4.78, 5) is 12.2. The molecule has 2 aromatic carbocycles. The minimum atomic E-state index is -0.150. The number of carbonyl (C=O) groups is 1. The molecule has 2 aromatic rings. The molecule has 1 amide bonds. The highest BCUT2D eigenvalue weighted by Gasteiger charge is 2.11. The van der Waals surface area contributed by atoms with E-state index < -0.39 is 0 Å². The van der Waals surface area contributed by atoms with E-state index in [9.17, 15) is 4.79 Å². The first-order valence-electron chi connectivity index (χ1n) is 7.81. The summed E-state index contributed by atoms with van der Waals surface area (Å²) in [6, 6.07) is 13.7. The average Bonchev–Trinajstić information content (AvgIpc) is 2.54. The van der Waals surface area contributed by atoms with Gasteiger partial charge in [0.15, 0.2) is 6.61 Å². The molecule has 0 spiro atoms. The van der Waals surface area contributed by atoms with Gasteiger partial charge in [0, 0.05) is 10.2 Å². The fourth-order valence-corrected chi connectivity index (χ4v) is 2.76. The Kier molecular flexibility index (Phi) is 6.22. The van der Waals surface area contributed by atoms with E-state index in [-0.39, 0.29) is 12.5 Å². The Morgan fingerprint density at radius 1 is 1.22 bits per heavy atom. The van der Waals surface area contributed by atoms with Gasteiger partial charge in [-0.15, -0.1) is 0 Å². The number of carbonyl (C=O) groups excluding carboxylic acids is 1. The van der Waals surface area contributed by atoms with E-state index in [2.05, 4.69) is 42.0 Å². The van der Waals surface area contributed by atoms with Crippen LogP contribution in [-0.4, -0.2) is 12.5 Å². The lowest BCUT2D eigenvalue weighted by Gasteiger charge is -2.15. The predicted molar refractivity (Wildman–Crippen MR) is 98.2 cm³/mol. The molecule has 0 aliphatic rings. The second-order valence-electron chi connectivity index (χ2n) is 5.68. The van der Waals surface area contributed by atoms with Gasteiger partial charge in [0.05, 0.1) is 0 Å². The molecule has 0 aromatic heterocycles. The number of para-hydroxylation sites is 1. The summed E-state index contributed by atoms with van der Waals surface area (Å²) in [5.74, 6) is 0.928. The first kappa shape index (κ1) is 17.5. The van der Waals surface area contributed by atoms with E-state index in [1.54, 1.807) is 0 Å². The highest BCUT2D eigenvalue weighted by molar-refractivity contribution is 9.10. The fraction of sp³-hybridized carbons (Fsp3) is 0.316. The standard InChI is InChI=1S/C19H22BrNO2/c1-4-14-7-5-6-8-17(14)21-19(22)12-23-18-10-9-15(20)11-16(18)13(2)3/h5-11,13H,4,12H2,1-3H3,(H,21,22). The fourth-order valence-electron chi connectivity index (χ4n) is 2.38. The molecule has 0 atom stereocenters. The van der Waals surface area contributed by atoms with Crippen LogP contribution in [0.25, 0.3) is 0 Å². The third kappa shape index (κ3) is 4.83. The van der Waals surface area contributed by atoms with Gasteiger partial charge < -0.3 is 10.1 Å². The third-order valence-electron chi connectivity index (χ3n) is 3.62. The van der Waals surface area contributed by atoms with Crippen LogP contribution in [0.3, 0.4) is 0 Å². The molecule has 4 heteroatoms. The highest BCUT2D eigenvalue weighted by Crippen LogP contribution is 2.29. The van der Waals surface area contributed by atoms with Crippen LogP contribution in [0, 0.1) is 0 Å². The minimum absolute atomic E-state index is 0.000594. The number of amides is 1. The number of aryl methyl sites for hydroxylation is 1. The lowest BCUT2D eigenvalue weighted by molar-refractivity contribution is -0.118. The summed E-state index contributed by atoms with van der Waals surface area (Å²) >= 11 is 3.47. The number of hydrogen-bond acceptors (Lipinski definition) is 2. The Morgan fingerprint density at radius 2 is 1.96 bits per heavy atom. The smallest absolute Gasteiger partial charge is 0.262 e. The molecular formula is C19H22BrNO2. The summed E-state index contributed by atoms with van der Waals surface area (Å²) in [6.45, 7) is 6.27. The van der Waals surface area contributed by atoms with Crippen molar-refractivity contribution in [2.24, 2.45) is 0 Å². The predicted octanol–water partition coefficient (Wildman–Crippen LogP) is 5.15. The second kappa shape index (κ2) is 8.16. The van der Waals surface area contributed by atoms with Crippen molar-refractivity contribution in [3.8, 4) is 5.75 Å². The Labute approximate surface area is 146 Å². The molecule has 2 rings (SSSR count). The molecule has 0 aliphatic carbocycles. The number of hydrogen-bond donors (Lipinski definition) is 1. The number of halogens is 1. The maximum atomic E-state index is 12.2. The maximum absolute atomic E-state index is 12.2. The number of rotatable bonds is 6. The number of ether oxygens (including phenoxy) is 1. The van der Waals surface area contributed by atoms with Crippen LogP contribution in [0.4, 0.5) is 5.69 Å². The molecule has 0 unspecified atom stereocenters. The van der Waals surface area contributed by atoms with Gasteiger partial charge >= 0.3 is 0 Å². The minimum Gasteiger partial charge on any atom is -0.483 e. The van der Waals surface area contributed by atoms with Gasteiger partial charge in [0.25, 0.3) is 5.91 Å². The number of nitrogens with one attached hydrogen (secondary N) is 1. The molecule has 0 heterocycles. The van der Waals surface area contributed by atoms with Crippen LogP contribution in [-0.2, 0) is 11.2 Å². The van der Waals surface area contributed by atoms with Gasteiger partial charge in [-0.2, -0.15) is 0 Å². The van der Waals surface area contributed by atoms with Crippen LogP contribution >= 0.6 is 15.9 Å². The zero-order valence-corrected chi connectivity index (χ0v) is 15.3. The lowest BCUT2D eigenvalue weighted by atomic mass is 10.0. The van der Waals surface area contributed by atoms with Crippen LogP contribution in [0.2, 0.25) is 0 Å². The van der Waals surface area contributed by atoms with Crippen LogP contribution < -0.4 is 10.1 Å². The van der Waals surface area contributed by atoms with Gasteiger partial charge in [-0.05, 0) is 47.7 Å². The summed E-state index contributed by atoms with van der Waals surface area (Å²) in [6.07, 6.45) is 0.877. The average molecular weight is 376 g/mol. The van der Waals surface area contributed by atoms with Gasteiger partial charge in [-0.25, -0.2) is 0 Å². The molecule has 0 saturated carbocycles. The first-order chi connectivity index (χ1) is 11.0. The van der Waals surface area contributed by atoms with Crippen molar-refractivity contribution in [3.05, 3.63) is 58.1 Å². The Morgan fingerprint density at radius 3 is 2.65 bits per heavy atom. The van der Waals surface area contributed by atoms with E-state index >= 15 is 0 Å². The lowest BCUT2D eigenvalue weighted by Crippen LogP contribution is -2.21. The van der Waals surface area contributed by atoms with E-state index in [4.69, 9.17) is 4.74 Å². The largest absolute Gasteiger partial charge is 0.483 e. The maximum Gasteiger partial charge on any atom is 0.262 e. The zero-order chi connectivity index (χ0) is 16.8. The van der Waals surface area contributed by atoms with E-state index in [0.29, 0.717) is 5.92 Å². The first-order valence-corrected chi connectivity index (χ1v) is 8.60. The van der Waals surface area contributed by atoms with Crippen molar-refractivity contribution in [2.45, 2.75) is 33.1 Å². The number of anilines is 1. The highest BCUT2D eigenvalue weighted by atomic mass is 79.9. The van der Waals surface area contributed by atoms with Crippen LogP contribution in [0.1, 0.15) is 37.8 Å². The molecule has 122 valence electrons. The van der Waals surface area contributed by atoms with Gasteiger partial charge in [0.1, 0.15) is 5.75 Å². The van der Waals surface area contributed by atoms with Crippen LogP contribution in [0.5, 0.6) is 5.75 Å².